The Morgan fingerprint density at radius 3 is 2.59 bits per heavy atom. The quantitative estimate of drug-likeness (QED) is 0.401. The molecule has 8 heteroatoms. The lowest BCUT2D eigenvalue weighted by atomic mass is 10.2. The molecule has 1 aromatic heterocycles. The Morgan fingerprint density at radius 1 is 1.11 bits per heavy atom. The van der Waals surface area contributed by atoms with Crippen molar-refractivity contribution >= 4 is 39.1 Å². The van der Waals surface area contributed by atoms with Crippen LogP contribution in [0.5, 0.6) is 11.5 Å². The fraction of sp³-hybridized carbons (Fsp3) is 0.211. The van der Waals surface area contributed by atoms with E-state index in [0.717, 1.165) is 15.1 Å². The highest BCUT2D eigenvalue weighted by Crippen LogP contribution is 2.34. The summed E-state index contributed by atoms with van der Waals surface area (Å²) in [4.78, 5) is 25.7. The van der Waals surface area contributed by atoms with E-state index in [1.807, 2.05) is 24.3 Å². The molecule has 2 aromatic carbocycles. The molecule has 27 heavy (non-hydrogen) atoms. The zero-order valence-electron chi connectivity index (χ0n) is 14.9. The molecule has 0 aliphatic carbocycles. The Hall–Kier alpha value is -2.71. The second-order valence-corrected chi connectivity index (χ2v) is 6.48. The number of hydrogen-bond acceptors (Lipinski definition) is 6. The van der Waals surface area contributed by atoms with Gasteiger partial charge in [-0.2, -0.15) is 5.06 Å². The largest absolute Gasteiger partial charge is 0.493 e. The summed E-state index contributed by atoms with van der Waals surface area (Å²) >= 11 is 3.44. The number of halogens is 1. The van der Waals surface area contributed by atoms with E-state index >= 15 is 0 Å². The number of hydrogen-bond donors (Lipinski definition) is 0. The monoisotopic (exact) mass is 431 g/mol. The van der Waals surface area contributed by atoms with Crippen LogP contribution in [0.1, 0.15) is 5.56 Å². The Bertz CT molecular complexity index is 951. The normalized spacial score (nSPS) is 10.6. The Morgan fingerprint density at radius 2 is 1.89 bits per heavy atom. The molecular formula is C19H18BrN3O4. The van der Waals surface area contributed by atoms with Gasteiger partial charge in [0.25, 0.3) is 0 Å². The van der Waals surface area contributed by atoms with Gasteiger partial charge in [0.05, 0.1) is 26.3 Å². The number of benzene rings is 2. The van der Waals surface area contributed by atoms with E-state index in [-0.39, 0.29) is 0 Å². The number of carbonyl (C=O) groups excluding carboxylic acids is 1. The summed E-state index contributed by atoms with van der Waals surface area (Å²) < 4.78 is 11.6. The van der Waals surface area contributed by atoms with Crippen molar-refractivity contribution in [3.05, 3.63) is 52.8 Å². The molecule has 0 aliphatic heterocycles. The van der Waals surface area contributed by atoms with E-state index in [2.05, 4.69) is 25.9 Å². The van der Waals surface area contributed by atoms with Crippen LogP contribution in [0.25, 0.3) is 10.9 Å². The van der Waals surface area contributed by atoms with Gasteiger partial charge < -0.3 is 9.47 Å². The Kier molecular flexibility index (Phi) is 6.20. The molecule has 0 N–H and O–H groups in total. The molecule has 0 spiro atoms. The van der Waals surface area contributed by atoms with E-state index in [9.17, 15) is 4.79 Å². The van der Waals surface area contributed by atoms with E-state index < -0.39 is 0 Å². The van der Waals surface area contributed by atoms with Crippen LogP contribution in [-0.2, 0) is 16.1 Å². The Balaban J connectivity index is 1.84. The number of hydroxylamine groups is 1. The molecule has 1 amide bonds. The minimum Gasteiger partial charge on any atom is -0.493 e. The maximum absolute atomic E-state index is 11.6. The maximum Gasteiger partial charge on any atom is 0.239 e. The third-order valence-corrected chi connectivity index (χ3v) is 4.43. The van der Waals surface area contributed by atoms with Gasteiger partial charge in [0.15, 0.2) is 17.3 Å². The average molecular weight is 432 g/mol. The summed E-state index contributed by atoms with van der Waals surface area (Å²) in [6, 6.07) is 11.4. The number of amides is 1. The minimum absolute atomic E-state index is 0.313. The van der Waals surface area contributed by atoms with E-state index in [4.69, 9.17) is 14.3 Å². The third-order valence-electron chi connectivity index (χ3n) is 3.93. The topological polar surface area (TPSA) is 73.8 Å². The first-order valence-corrected chi connectivity index (χ1v) is 8.94. The molecule has 0 atom stereocenters. The van der Waals surface area contributed by atoms with Crippen LogP contribution >= 0.6 is 15.9 Å². The lowest BCUT2D eigenvalue weighted by molar-refractivity contribution is -0.114. The zero-order chi connectivity index (χ0) is 19.2. The number of rotatable bonds is 8. The van der Waals surface area contributed by atoms with Crippen LogP contribution in [0, 0.1) is 0 Å². The van der Waals surface area contributed by atoms with E-state index in [1.54, 1.807) is 26.4 Å². The summed E-state index contributed by atoms with van der Waals surface area (Å²) in [6.07, 6.45) is 2.60. The molecule has 3 aromatic rings. The Labute approximate surface area is 165 Å². The summed E-state index contributed by atoms with van der Waals surface area (Å²) in [5.74, 6) is 1.40. The smallest absolute Gasteiger partial charge is 0.239 e. The highest BCUT2D eigenvalue weighted by molar-refractivity contribution is 9.10. The lowest BCUT2D eigenvalue weighted by Gasteiger charge is -2.18. The number of nitrogens with zero attached hydrogens (tertiary/aromatic N) is 3. The standard InChI is InChI=1S/C19H18BrN3O4/c1-25-17-9-15-16(10-18(17)26-2)21-11-22-19(15)23(12-24)27-7-6-13-4-3-5-14(20)8-13/h3-5,8-12H,6-7H2,1-2H3. The molecule has 7 nitrogen and oxygen atoms in total. The van der Waals surface area contributed by atoms with Crippen LogP contribution in [0.4, 0.5) is 5.82 Å². The average Bonchev–Trinajstić information content (AvgIpc) is 2.70. The van der Waals surface area contributed by atoms with Gasteiger partial charge in [0.2, 0.25) is 6.41 Å². The van der Waals surface area contributed by atoms with Gasteiger partial charge >= 0.3 is 0 Å². The molecule has 0 saturated carbocycles. The molecule has 140 valence electrons. The fourth-order valence-corrected chi connectivity index (χ4v) is 3.09. The van der Waals surface area contributed by atoms with Gasteiger partial charge in [-0.05, 0) is 30.2 Å². The number of aromatic nitrogens is 2. The SMILES string of the molecule is COc1cc2ncnc(N(C=O)OCCc3cccc(Br)c3)c2cc1OC. The van der Waals surface area contributed by atoms with Crippen molar-refractivity contribution in [1.29, 1.82) is 0 Å². The van der Waals surface area contributed by atoms with Crippen LogP contribution in [0.3, 0.4) is 0 Å². The second-order valence-electron chi connectivity index (χ2n) is 5.57. The van der Waals surface area contributed by atoms with Gasteiger partial charge in [-0.25, -0.2) is 9.97 Å². The van der Waals surface area contributed by atoms with Crippen LogP contribution in [0.2, 0.25) is 0 Å². The molecule has 0 bridgehead atoms. The first kappa shape index (κ1) is 19.1. The molecule has 0 unspecified atom stereocenters. The van der Waals surface area contributed by atoms with E-state index in [1.165, 1.54) is 6.33 Å². The molecule has 0 saturated heterocycles. The first-order valence-electron chi connectivity index (χ1n) is 8.15. The van der Waals surface area contributed by atoms with Crippen molar-refractivity contribution in [3.63, 3.8) is 0 Å². The molecule has 0 fully saturated rings. The lowest BCUT2D eigenvalue weighted by Crippen LogP contribution is -2.24. The van der Waals surface area contributed by atoms with Crippen LogP contribution in [0.15, 0.2) is 47.2 Å². The molecular weight excluding hydrogens is 414 g/mol. The van der Waals surface area contributed by atoms with Gasteiger partial charge in [-0.3, -0.25) is 9.63 Å². The molecule has 0 radical (unpaired) electrons. The van der Waals surface area contributed by atoms with Crippen molar-refractivity contribution in [2.24, 2.45) is 0 Å². The van der Waals surface area contributed by atoms with E-state index in [0.29, 0.717) is 47.7 Å². The van der Waals surface area contributed by atoms with Crippen LogP contribution in [-0.4, -0.2) is 37.2 Å². The highest BCUT2D eigenvalue weighted by Gasteiger charge is 2.16. The summed E-state index contributed by atoms with van der Waals surface area (Å²) in [5, 5.41) is 1.72. The number of ether oxygens (including phenoxy) is 2. The van der Waals surface area contributed by atoms with Crippen LogP contribution < -0.4 is 14.5 Å². The van der Waals surface area contributed by atoms with Crippen molar-refractivity contribution in [2.75, 3.05) is 25.9 Å². The number of carbonyl (C=O) groups is 1. The first-order chi connectivity index (χ1) is 13.2. The third kappa shape index (κ3) is 4.35. The predicted octanol–water partition coefficient (Wildman–Crippen LogP) is 3.55. The highest BCUT2D eigenvalue weighted by atomic mass is 79.9. The van der Waals surface area contributed by atoms with Crippen molar-refractivity contribution < 1.29 is 19.1 Å². The summed E-state index contributed by atoms with van der Waals surface area (Å²) in [7, 11) is 3.09. The fourth-order valence-electron chi connectivity index (χ4n) is 2.64. The maximum atomic E-state index is 11.6. The minimum atomic E-state index is 0.313. The zero-order valence-corrected chi connectivity index (χ0v) is 16.5. The van der Waals surface area contributed by atoms with Crippen molar-refractivity contribution in [1.82, 2.24) is 9.97 Å². The van der Waals surface area contributed by atoms with Gasteiger partial charge in [0, 0.05) is 15.9 Å². The molecule has 0 aliphatic rings. The molecule has 3 rings (SSSR count). The summed E-state index contributed by atoms with van der Waals surface area (Å²) in [5.41, 5.74) is 1.70. The van der Waals surface area contributed by atoms with Crippen molar-refractivity contribution in [2.45, 2.75) is 6.42 Å². The van der Waals surface area contributed by atoms with Gasteiger partial charge in [-0.15, -0.1) is 0 Å². The van der Waals surface area contributed by atoms with Crippen molar-refractivity contribution in [3.8, 4) is 11.5 Å². The number of anilines is 1. The summed E-state index contributed by atoms with van der Waals surface area (Å²) in [6.45, 7) is 0.313. The second kappa shape index (κ2) is 8.79. The van der Waals surface area contributed by atoms with Gasteiger partial charge in [-0.1, -0.05) is 28.1 Å². The predicted molar refractivity (Wildman–Crippen MR) is 105 cm³/mol. The number of fused-ring (bicyclic) bond motifs is 1. The number of methoxy groups -OCH3 is 2. The molecule has 1 heterocycles. The van der Waals surface area contributed by atoms with Gasteiger partial charge in [0.1, 0.15) is 6.33 Å².